The van der Waals surface area contributed by atoms with Crippen LogP contribution < -0.4 is 0 Å². The Balaban J connectivity index is 1.92. The summed E-state index contributed by atoms with van der Waals surface area (Å²) >= 11 is 0. The number of Topliss-reactive ketones (excluding diaryl/α,β-unsaturated/α-hetero) is 1. The third-order valence-electron chi connectivity index (χ3n) is 3.48. The first-order valence-corrected chi connectivity index (χ1v) is 6.70. The third-order valence-corrected chi connectivity index (χ3v) is 3.48. The van der Waals surface area contributed by atoms with Crippen molar-refractivity contribution in [3.63, 3.8) is 0 Å². The van der Waals surface area contributed by atoms with Crippen molar-refractivity contribution in [3.8, 4) is 0 Å². The zero-order valence-electron chi connectivity index (χ0n) is 11.4. The van der Waals surface area contributed by atoms with Gasteiger partial charge in [-0.2, -0.15) is 0 Å². The first-order chi connectivity index (χ1) is 8.48. The molecule has 1 fully saturated rings. The minimum absolute atomic E-state index is 0.0839. The predicted molar refractivity (Wildman–Crippen MR) is 69.3 cm³/mol. The zero-order valence-corrected chi connectivity index (χ0v) is 11.4. The van der Waals surface area contributed by atoms with Crippen molar-refractivity contribution in [1.29, 1.82) is 0 Å². The number of ether oxygens (including phenoxy) is 1. The average Bonchev–Trinajstić information content (AvgIpc) is 2.84. The van der Waals surface area contributed by atoms with Gasteiger partial charge in [0.2, 0.25) is 0 Å². The molecule has 1 saturated heterocycles. The van der Waals surface area contributed by atoms with E-state index in [1.807, 2.05) is 13.0 Å². The van der Waals surface area contributed by atoms with Crippen LogP contribution in [-0.2, 0) is 9.53 Å². The number of hydrogen-bond donors (Lipinski definition) is 0. The van der Waals surface area contributed by atoms with E-state index < -0.39 is 0 Å². The molecule has 1 aromatic heterocycles. The van der Waals surface area contributed by atoms with Crippen LogP contribution in [0.5, 0.6) is 0 Å². The van der Waals surface area contributed by atoms with Crippen LogP contribution in [0.1, 0.15) is 58.1 Å². The Morgan fingerprint density at radius 2 is 2.33 bits per heavy atom. The zero-order chi connectivity index (χ0) is 13.2. The van der Waals surface area contributed by atoms with E-state index in [0.717, 1.165) is 18.4 Å². The molecule has 0 spiro atoms. The molecular formula is C15H22O3. The van der Waals surface area contributed by atoms with Crippen LogP contribution in [0.3, 0.4) is 0 Å². The molecule has 3 nitrogen and oxygen atoms in total. The lowest BCUT2D eigenvalue weighted by molar-refractivity contribution is -0.126. The molecule has 2 rings (SSSR count). The summed E-state index contributed by atoms with van der Waals surface area (Å²) in [5, 5.41) is 0. The summed E-state index contributed by atoms with van der Waals surface area (Å²) in [4.78, 5) is 11.9. The minimum Gasteiger partial charge on any atom is -0.472 e. The highest BCUT2D eigenvalue weighted by atomic mass is 16.5. The third kappa shape index (κ3) is 3.22. The summed E-state index contributed by atoms with van der Waals surface area (Å²) in [7, 11) is 0. The van der Waals surface area contributed by atoms with Crippen molar-refractivity contribution in [2.75, 3.05) is 0 Å². The molecule has 1 aliphatic rings. The van der Waals surface area contributed by atoms with E-state index in [9.17, 15) is 4.79 Å². The van der Waals surface area contributed by atoms with Gasteiger partial charge in [-0.25, -0.2) is 0 Å². The Hall–Kier alpha value is -1.09. The second-order valence-electron chi connectivity index (χ2n) is 5.97. The maximum absolute atomic E-state index is 11.9. The molecule has 0 amide bonds. The van der Waals surface area contributed by atoms with Gasteiger partial charge in [-0.3, -0.25) is 4.79 Å². The highest BCUT2D eigenvalue weighted by molar-refractivity contribution is 5.79. The highest BCUT2D eigenvalue weighted by Gasteiger charge is 2.38. The van der Waals surface area contributed by atoms with Gasteiger partial charge < -0.3 is 9.15 Å². The summed E-state index contributed by atoms with van der Waals surface area (Å²) in [5.74, 6) is 0.729. The first-order valence-electron chi connectivity index (χ1n) is 6.70. The summed E-state index contributed by atoms with van der Waals surface area (Å²) in [6.45, 7) is 6.19. The van der Waals surface area contributed by atoms with Gasteiger partial charge in [0.1, 0.15) is 5.78 Å². The molecule has 0 bridgehead atoms. The van der Waals surface area contributed by atoms with Crippen LogP contribution >= 0.6 is 0 Å². The average molecular weight is 250 g/mol. The highest BCUT2D eigenvalue weighted by Crippen LogP contribution is 2.41. The van der Waals surface area contributed by atoms with Gasteiger partial charge in [-0.1, -0.05) is 13.8 Å². The second-order valence-corrected chi connectivity index (χ2v) is 5.97. The van der Waals surface area contributed by atoms with Gasteiger partial charge in [0.15, 0.2) is 0 Å². The Kier molecular flexibility index (Phi) is 3.91. The molecule has 3 heteroatoms. The Morgan fingerprint density at radius 1 is 1.56 bits per heavy atom. The number of hydrogen-bond acceptors (Lipinski definition) is 3. The predicted octanol–water partition coefficient (Wildman–Crippen LogP) is 3.90. The molecule has 0 radical (unpaired) electrons. The smallest absolute Gasteiger partial charge is 0.136 e. The van der Waals surface area contributed by atoms with Crippen LogP contribution in [-0.4, -0.2) is 11.4 Å². The molecule has 0 saturated carbocycles. The van der Waals surface area contributed by atoms with Crippen LogP contribution in [0.2, 0.25) is 0 Å². The first kappa shape index (κ1) is 13.3. The summed E-state index contributed by atoms with van der Waals surface area (Å²) in [6, 6.07) is 1.94. The number of carbonyl (C=O) groups excluding carboxylic acids is 1. The van der Waals surface area contributed by atoms with Gasteiger partial charge in [0.05, 0.1) is 24.2 Å². The molecule has 18 heavy (non-hydrogen) atoms. The molecule has 1 aliphatic heterocycles. The normalized spacial score (nSPS) is 27.9. The molecular weight excluding hydrogens is 228 g/mol. The maximum Gasteiger partial charge on any atom is 0.136 e. The van der Waals surface area contributed by atoms with E-state index >= 15 is 0 Å². The summed E-state index contributed by atoms with van der Waals surface area (Å²) in [6.07, 6.45) is 6.55. The van der Waals surface area contributed by atoms with Gasteiger partial charge in [0.25, 0.3) is 0 Å². The monoisotopic (exact) mass is 250 g/mol. The van der Waals surface area contributed by atoms with Crippen LogP contribution in [0.4, 0.5) is 0 Å². The molecule has 0 aromatic carbocycles. The summed E-state index contributed by atoms with van der Waals surface area (Å²) < 4.78 is 11.1. The fourth-order valence-electron chi connectivity index (χ4n) is 2.67. The van der Waals surface area contributed by atoms with E-state index in [1.165, 1.54) is 0 Å². The molecule has 1 aromatic rings. The number of rotatable bonds is 5. The van der Waals surface area contributed by atoms with E-state index in [1.54, 1.807) is 12.5 Å². The second kappa shape index (κ2) is 5.27. The van der Waals surface area contributed by atoms with Crippen LogP contribution in [0.25, 0.3) is 0 Å². The van der Waals surface area contributed by atoms with Crippen LogP contribution in [0.15, 0.2) is 23.0 Å². The lowest BCUT2D eigenvalue weighted by Gasteiger charge is -2.24. The molecule has 2 atom stereocenters. The fourth-order valence-corrected chi connectivity index (χ4v) is 2.67. The van der Waals surface area contributed by atoms with Gasteiger partial charge in [-0.05, 0) is 31.7 Å². The maximum atomic E-state index is 11.9. The standard InChI is InChI=1S/C15H22O3/c1-11(2)8-13(16)9-15(3)6-4-14(18-15)12-5-7-17-10-12/h5,7,10-11,14H,4,6,8-9H2,1-3H3/t14-,15+/m1/s1. The Morgan fingerprint density at radius 3 is 2.94 bits per heavy atom. The lowest BCUT2D eigenvalue weighted by Crippen LogP contribution is -2.27. The number of furan rings is 1. The number of carbonyl (C=O) groups is 1. The molecule has 0 N–H and O–H groups in total. The summed E-state index contributed by atoms with van der Waals surface area (Å²) in [5.41, 5.74) is 0.781. The van der Waals surface area contributed by atoms with Crippen molar-refractivity contribution in [2.24, 2.45) is 5.92 Å². The van der Waals surface area contributed by atoms with Crippen molar-refractivity contribution in [3.05, 3.63) is 24.2 Å². The van der Waals surface area contributed by atoms with Gasteiger partial charge >= 0.3 is 0 Å². The van der Waals surface area contributed by atoms with Crippen molar-refractivity contribution >= 4 is 5.78 Å². The van der Waals surface area contributed by atoms with Crippen LogP contribution in [0, 0.1) is 5.92 Å². The van der Waals surface area contributed by atoms with Gasteiger partial charge in [0, 0.05) is 18.4 Å². The Labute approximate surface area is 109 Å². The van der Waals surface area contributed by atoms with Crippen molar-refractivity contribution in [1.82, 2.24) is 0 Å². The quantitative estimate of drug-likeness (QED) is 0.795. The molecule has 100 valence electrons. The minimum atomic E-state index is -0.298. The molecule has 2 heterocycles. The van der Waals surface area contributed by atoms with E-state index in [-0.39, 0.29) is 11.7 Å². The lowest BCUT2D eigenvalue weighted by atomic mass is 9.92. The number of ketones is 1. The Bertz CT molecular complexity index is 394. The fraction of sp³-hybridized carbons (Fsp3) is 0.667. The van der Waals surface area contributed by atoms with Crippen molar-refractivity contribution < 1.29 is 13.9 Å². The molecule has 0 unspecified atom stereocenters. The van der Waals surface area contributed by atoms with E-state index in [4.69, 9.17) is 9.15 Å². The largest absolute Gasteiger partial charge is 0.472 e. The topological polar surface area (TPSA) is 39.4 Å². The van der Waals surface area contributed by atoms with Gasteiger partial charge in [-0.15, -0.1) is 0 Å². The van der Waals surface area contributed by atoms with Crippen molar-refractivity contribution in [2.45, 2.75) is 58.2 Å². The van der Waals surface area contributed by atoms with E-state index in [0.29, 0.717) is 24.5 Å². The molecule has 0 aliphatic carbocycles. The van der Waals surface area contributed by atoms with E-state index in [2.05, 4.69) is 13.8 Å². The SMILES string of the molecule is CC(C)CC(=O)C[C@]1(C)CC[C@H](c2ccoc2)O1.